The Labute approximate surface area is 175 Å². The van der Waals surface area contributed by atoms with Crippen molar-refractivity contribution in [2.45, 2.75) is 17.6 Å². The summed E-state index contributed by atoms with van der Waals surface area (Å²) in [7, 11) is -4.07. The number of rotatable bonds is 5. The highest BCUT2D eigenvalue weighted by atomic mass is 35.5. The van der Waals surface area contributed by atoms with Gasteiger partial charge in [-0.3, -0.25) is 9.29 Å². The van der Waals surface area contributed by atoms with Crippen molar-refractivity contribution in [1.29, 1.82) is 0 Å². The minimum atomic E-state index is -4.61. The number of benzene rings is 2. The van der Waals surface area contributed by atoms with Crippen molar-refractivity contribution in [1.82, 2.24) is 4.98 Å². The summed E-state index contributed by atoms with van der Waals surface area (Å²) in [5, 5.41) is 0.0784. The summed E-state index contributed by atoms with van der Waals surface area (Å²) < 4.78 is 66.0. The van der Waals surface area contributed by atoms with Crippen LogP contribution in [-0.2, 0) is 22.7 Å². The molecule has 0 spiro atoms. The number of aromatic nitrogens is 1. The van der Waals surface area contributed by atoms with E-state index in [4.69, 9.17) is 23.2 Å². The van der Waals surface area contributed by atoms with Gasteiger partial charge in [-0.2, -0.15) is 13.2 Å². The van der Waals surface area contributed by atoms with E-state index >= 15 is 0 Å². The molecule has 0 aliphatic heterocycles. The second-order valence-electron chi connectivity index (χ2n) is 5.95. The lowest BCUT2D eigenvalue weighted by Gasteiger charge is -2.25. The van der Waals surface area contributed by atoms with Crippen molar-refractivity contribution >= 4 is 38.9 Å². The zero-order valence-electron chi connectivity index (χ0n) is 14.6. The molecule has 4 nitrogen and oxygen atoms in total. The number of sulfonamides is 1. The highest BCUT2D eigenvalue weighted by Gasteiger charge is 2.32. The molecule has 0 atom stereocenters. The lowest BCUT2D eigenvalue weighted by Crippen LogP contribution is -2.31. The van der Waals surface area contributed by atoms with E-state index in [0.29, 0.717) is 16.9 Å². The van der Waals surface area contributed by atoms with E-state index < -0.39 is 21.8 Å². The molecule has 0 amide bonds. The molecular formula is C19H13Cl2F3N2O2S. The van der Waals surface area contributed by atoms with Crippen LogP contribution in [0.3, 0.4) is 0 Å². The van der Waals surface area contributed by atoms with Gasteiger partial charge in [0.2, 0.25) is 0 Å². The molecule has 152 valence electrons. The Morgan fingerprint density at radius 2 is 1.59 bits per heavy atom. The van der Waals surface area contributed by atoms with Crippen molar-refractivity contribution in [2.75, 3.05) is 4.31 Å². The second kappa shape index (κ2) is 8.22. The van der Waals surface area contributed by atoms with Crippen LogP contribution in [0.25, 0.3) is 0 Å². The molecule has 0 aliphatic carbocycles. The van der Waals surface area contributed by atoms with E-state index in [-0.39, 0.29) is 22.2 Å². The topological polar surface area (TPSA) is 50.3 Å². The van der Waals surface area contributed by atoms with Crippen LogP contribution in [0.5, 0.6) is 0 Å². The SMILES string of the molecule is O=S(=O)(c1ccc(Cl)cc1)N(Cc1ncc(C(F)(F)F)cc1Cl)c1ccccc1. The molecule has 1 heterocycles. The summed E-state index contributed by atoms with van der Waals surface area (Å²) >= 11 is 11.8. The Morgan fingerprint density at radius 1 is 0.966 bits per heavy atom. The van der Waals surface area contributed by atoms with Crippen LogP contribution in [0.4, 0.5) is 18.9 Å². The normalized spacial score (nSPS) is 12.0. The van der Waals surface area contributed by atoms with Crippen LogP contribution in [-0.4, -0.2) is 13.4 Å². The second-order valence-corrected chi connectivity index (χ2v) is 8.66. The standard InChI is InChI=1S/C19H13Cl2F3N2O2S/c20-14-6-8-16(9-7-14)29(27,28)26(15-4-2-1-3-5-15)12-18-17(21)10-13(11-25-18)19(22,23)24/h1-11H,12H2. The molecule has 0 radical (unpaired) electrons. The quantitative estimate of drug-likeness (QED) is 0.483. The Kier molecular flexibility index (Phi) is 6.07. The van der Waals surface area contributed by atoms with Gasteiger partial charge in [0, 0.05) is 11.2 Å². The van der Waals surface area contributed by atoms with Gasteiger partial charge in [-0.1, -0.05) is 41.4 Å². The fourth-order valence-corrected chi connectivity index (χ4v) is 4.29. The van der Waals surface area contributed by atoms with Crippen LogP contribution in [0.1, 0.15) is 11.3 Å². The maximum Gasteiger partial charge on any atom is 0.417 e. The van der Waals surface area contributed by atoms with Gasteiger partial charge in [-0.15, -0.1) is 0 Å². The van der Waals surface area contributed by atoms with Gasteiger partial charge in [0.05, 0.1) is 33.4 Å². The maximum absolute atomic E-state index is 13.2. The van der Waals surface area contributed by atoms with E-state index in [0.717, 1.165) is 10.4 Å². The van der Waals surface area contributed by atoms with E-state index in [1.165, 1.54) is 24.3 Å². The van der Waals surface area contributed by atoms with E-state index in [1.54, 1.807) is 30.3 Å². The number of nitrogens with zero attached hydrogens (tertiary/aromatic N) is 2. The van der Waals surface area contributed by atoms with Crippen molar-refractivity contribution in [3.63, 3.8) is 0 Å². The molecule has 0 fully saturated rings. The van der Waals surface area contributed by atoms with Crippen molar-refractivity contribution < 1.29 is 21.6 Å². The molecule has 3 rings (SSSR count). The fourth-order valence-electron chi connectivity index (χ4n) is 2.52. The molecular weight excluding hydrogens is 448 g/mol. The van der Waals surface area contributed by atoms with Crippen LogP contribution in [0.2, 0.25) is 10.0 Å². The Hall–Kier alpha value is -2.29. The van der Waals surface area contributed by atoms with E-state index in [1.807, 2.05) is 0 Å². The lowest BCUT2D eigenvalue weighted by molar-refractivity contribution is -0.137. The zero-order chi connectivity index (χ0) is 21.2. The maximum atomic E-state index is 13.2. The van der Waals surface area contributed by atoms with Crippen LogP contribution < -0.4 is 4.31 Å². The van der Waals surface area contributed by atoms with Gasteiger partial charge in [0.1, 0.15) is 0 Å². The van der Waals surface area contributed by atoms with Crippen molar-refractivity contribution in [2.24, 2.45) is 0 Å². The Bertz CT molecular complexity index is 1110. The van der Waals surface area contributed by atoms with Gasteiger partial charge < -0.3 is 0 Å². The average Bonchev–Trinajstić information content (AvgIpc) is 2.67. The number of para-hydroxylation sites is 1. The van der Waals surface area contributed by atoms with Gasteiger partial charge in [-0.25, -0.2) is 8.42 Å². The minimum Gasteiger partial charge on any atom is -0.260 e. The third kappa shape index (κ3) is 4.83. The Morgan fingerprint density at radius 3 is 2.14 bits per heavy atom. The highest BCUT2D eigenvalue weighted by Crippen LogP contribution is 2.33. The van der Waals surface area contributed by atoms with Crippen molar-refractivity contribution in [3.05, 3.63) is 88.2 Å². The summed E-state index contributed by atoms with van der Waals surface area (Å²) in [6, 6.07) is 14.4. The van der Waals surface area contributed by atoms with Gasteiger partial charge in [-0.05, 0) is 42.5 Å². The summed E-state index contributed by atoms with van der Waals surface area (Å²) in [5.74, 6) is 0. The first kappa shape index (κ1) is 21.4. The third-order valence-corrected chi connectivity index (χ3v) is 6.35. The Balaban J connectivity index is 2.05. The number of hydrogen-bond donors (Lipinski definition) is 0. The molecule has 29 heavy (non-hydrogen) atoms. The summed E-state index contributed by atoms with van der Waals surface area (Å²) in [6.45, 7) is -0.355. The first-order chi connectivity index (χ1) is 13.6. The van der Waals surface area contributed by atoms with E-state index in [9.17, 15) is 21.6 Å². The van der Waals surface area contributed by atoms with Crippen LogP contribution in [0, 0.1) is 0 Å². The predicted molar refractivity (Wildman–Crippen MR) is 106 cm³/mol. The highest BCUT2D eigenvalue weighted by molar-refractivity contribution is 7.92. The lowest BCUT2D eigenvalue weighted by atomic mass is 10.2. The first-order valence-corrected chi connectivity index (χ1v) is 10.3. The molecule has 0 saturated heterocycles. The number of anilines is 1. The molecule has 10 heteroatoms. The molecule has 0 unspecified atom stereocenters. The van der Waals surface area contributed by atoms with E-state index in [2.05, 4.69) is 4.98 Å². The largest absolute Gasteiger partial charge is 0.417 e. The molecule has 0 N–H and O–H groups in total. The fraction of sp³-hybridized carbons (Fsp3) is 0.105. The zero-order valence-corrected chi connectivity index (χ0v) is 16.9. The molecule has 3 aromatic rings. The molecule has 0 bridgehead atoms. The summed E-state index contributed by atoms with van der Waals surface area (Å²) in [4.78, 5) is 3.72. The molecule has 1 aromatic heterocycles. The average molecular weight is 461 g/mol. The van der Waals surface area contributed by atoms with Gasteiger partial charge in [0.25, 0.3) is 10.0 Å². The first-order valence-electron chi connectivity index (χ1n) is 8.14. The van der Waals surface area contributed by atoms with Crippen LogP contribution >= 0.6 is 23.2 Å². The minimum absolute atomic E-state index is 0.0129. The molecule has 0 aliphatic rings. The van der Waals surface area contributed by atoms with Gasteiger partial charge >= 0.3 is 6.18 Å². The number of hydrogen-bond acceptors (Lipinski definition) is 3. The third-order valence-electron chi connectivity index (χ3n) is 3.98. The summed E-state index contributed by atoms with van der Waals surface area (Å²) in [5.41, 5.74) is -0.723. The summed E-state index contributed by atoms with van der Waals surface area (Å²) in [6.07, 6.45) is -3.98. The van der Waals surface area contributed by atoms with Crippen LogP contribution in [0.15, 0.2) is 71.8 Å². The van der Waals surface area contributed by atoms with Gasteiger partial charge in [0.15, 0.2) is 0 Å². The number of halogens is 5. The predicted octanol–water partition coefficient (Wildman–Crippen LogP) is 5.80. The smallest absolute Gasteiger partial charge is 0.260 e. The number of pyridine rings is 1. The number of alkyl halides is 3. The monoisotopic (exact) mass is 460 g/mol. The molecule has 0 saturated carbocycles. The van der Waals surface area contributed by atoms with Crippen molar-refractivity contribution in [3.8, 4) is 0 Å². The molecule has 2 aromatic carbocycles.